The van der Waals surface area contributed by atoms with E-state index in [-0.39, 0.29) is 0 Å². The summed E-state index contributed by atoms with van der Waals surface area (Å²) >= 11 is 0. The van der Waals surface area contributed by atoms with Crippen molar-refractivity contribution in [1.82, 2.24) is 4.90 Å². The smallest absolute Gasteiger partial charge is 0.000965 e. The minimum atomic E-state index is 0.492. The van der Waals surface area contributed by atoms with Gasteiger partial charge in [0, 0.05) is 6.54 Å². The Morgan fingerprint density at radius 3 is 2.00 bits per heavy atom. The SMILES string of the molecule is C=C(CCCCCC(CCCCCCCCCC/C=C\CCCCCCCC)CN1CCCCC1)CC1CCC2(C)C(=CCC3C2CCC2(C)C(CCCCC(C)C)CCC32)C1. The molecule has 8 atom stereocenters. The molecule has 0 amide bonds. The lowest BCUT2D eigenvalue weighted by Crippen LogP contribution is -2.50. The molecule has 62 heavy (non-hydrogen) atoms. The highest BCUT2D eigenvalue weighted by molar-refractivity contribution is 5.25. The predicted molar refractivity (Wildman–Crippen MR) is 276 cm³/mol. The van der Waals surface area contributed by atoms with Crippen molar-refractivity contribution in [2.45, 2.75) is 279 Å². The number of fused-ring (bicyclic) bond motifs is 5. The summed E-state index contributed by atoms with van der Waals surface area (Å²) in [7, 11) is 0. The minimum absolute atomic E-state index is 0.492. The van der Waals surface area contributed by atoms with Gasteiger partial charge in [-0.2, -0.15) is 0 Å². The molecule has 0 aromatic rings. The topological polar surface area (TPSA) is 3.24 Å². The summed E-state index contributed by atoms with van der Waals surface area (Å²) in [5.41, 5.74) is 4.59. The molecular formula is C61H109N. The van der Waals surface area contributed by atoms with Crippen molar-refractivity contribution in [1.29, 1.82) is 0 Å². The van der Waals surface area contributed by atoms with Crippen LogP contribution in [-0.2, 0) is 0 Å². The summed E-state index contributed by atoms with van der Waals surface area (Å²) < 4.78 is 0. The lowest BCUT2D eigenvalue weighted by Gasteiger charge is -2.58. The van der Waals surface area contributed by atoms with Crippen LogP contribution in [0.1, 0.15) is 279 Å². The van der Waals surface area contributed by atoms with Crippen LogP contribution < -0.4 is 0 Å². The summed E-state index contributed by atoms with van der Waals surface area (Å²) in [6.45, 7) is 21.4. The highest BCUT2D eigenvalue weighted by Gasteiger charge is 2.58. The molecular weight excluding hydrogens is 747 g/mol. The van der Waals surface area contributed by atoms with Crippen LogP contribution in [0.5, 0.6) is 0 Å². The fourth-order valence-electron chi connectivity index (χ4n) is 14.8. The molecule has 4 fully saturated rings. The van der Waals surface area contributed by atoms with Gasteiger partial charge < -0.3 is 4.90 Å². The Bertz CT molecular complexity index is 1250. The fraction of sp³-hybridized carbons (Fsp3) is 0.902. The molecule has 3 saturated carbocycles. The number of nitrogens with zero attached hydrogens (tertiary/aromatic N) is 1. The van der Waals surface area contributed by atoms with E-state index in [1.807, 2.05) is 5.57 Å². The number of hydrogen-bond donors (Lipinski definition) is 0. The van der Waals surface area contributed by atoms with Crippen molar-refractivity contribution < 1.29 is 0 Å². The monoisotopic (exact) mass is 856 g/mol. The Kier molecular flexibility index (Phi) is 24.4. The quantitative estimate of drug-likeness (QED) is 0.0470. The lowest BCUT2D eigenvalue weighted by molar-refractivity contribution is -0.0455. The zero-order valence-corrected chi connectivity index (χ0v) is 42.9. The predicted octanol–water partition coefficient (Wildman–Crippen LogP) is 19.6. The standard InChI is InChI=1S/C61H109N/c1-7-8-9-10-11-12-13-14-15-16-17-18-19-20-21-22-23-27-35-53(50-62-46-31-25-32-47-62)36-28-24-26-34-52(4)48-54-42-44-61(6)56(49-54)38-40-57-58-41-39-55(37-30-29-33-51(2)3)60(58,5)45-43-59(57)61/h14-15,38,51,53-55,57-59H,4,7-13,16-37,39-50H2,1-3,5-6H3/b15-14-. The van der Waals surface area contributed by atoms with Gasteiger partial charge in [-0.3, -0.25) is 0 Å². The average molecular weight is 857 g/mol. The third-order valence-corrected chi connectivity index (χ3v) is 18.8. The number of piperidine rings is 1. The third kappa shape index (κ3) is 17.1. The second kappa shape index (κ2) is 29.0. The zero-order chi connectivity index (χ0) is 43.9. The molecule has 0 spiro atoms. The van der Waals surface area contributed by atoms with Crippen molar-refractivity contribution in [2.24, 2.45) is 52.3 Å². The van der Waals surface area contributed by atoms with Crippen molar-refractivity contribution in [3.63, 3.8) is 0 Å². The van der Waals surface area contributed by atoms with E-state index in [0.717, 1.165) is 41.4 Å². The van der Waals surface area contributed by atoms with Crippen LogP contribution in [0.2, 0.25) is 0 Å². The van der Waals surface area contributed by atoms with Crippen LogP contribution in [0.15, 0.2) is 36.0 Å². The van der Waals surface area contributed by atoms with Crippen LogP contribution in [-0.4, -0.2) is 24.5 Å². The van der Waals surface area contributed by atoms with E-state index in [4.69, 9.17) is 6.58 Å². The molecule has 1 heteroatoms. The maximum Gasteiger partial charge on any atom is 0.000965 e. The Hall–Kier alpha value is -0.820. The van der Waals surface area contributed by atoms with Crippen molar-refractivity contribution in [3.05, 3.63) is 36.0 Å². The normalized spacial score (nSPS) is 29.5. The van der Waals surface area contributed by atoms with E-state index >= 15 is 0 Å². The Morgan fingerprint density at radius 2 is 1.32 bits per heavy atom. The molecule has 0 bridgehead atoms. The highest BCUT2D eigenvalue weighted by atomic mass is 15.1. The second-order valence-corrected chi connectivity index (χ2v) is 24.1. The maximum absolute atomic E-state index is 4.71. The maximum atomic E-state index is 4.71. The van der Waals surface area contributed by atoms with Crippen LogP contribution in [0.4, 0.5) is 0 Å². The van der Waals surface area contributed by atoms with E-state index in [1.165, 1.54) is 264 Å². The van der Waals surface area contributed by atoms with Gasteiger partial charge in [-0.1, -0.05) is 186 Å². The molecule has 0 aromatic heterocycles. The number of rotatable bonds is 33. The molecule has 358 valence electrons. The van der Waals surface area contributed by atoms with E-state index in [9.17, 15) is 0 Å². The van der Waals surface area contributed by atoms with Gasteiger partial charge in [0.15, 0.2) is 0 Å². The van der Waals surface area contributed by atoms with Crippen LogP contribution in [0, 0.1) is 52.3 Å². The molecule has 5 rings (SSSR count). The Balaban J connectivity index is 0.919. The molecule has 5 aliphatic rings. The van der Waals surface area contributed by atoms with Crippen molar-refractivity contribution >= 4 is 0 Å². The minimum Gasteiger partial charge on any atom is -0.303 e. The average Bonchev–Trinajstić information content (AvgIpc) is 3.60. The molecule has 8 unspecified atom stereocenters. The summed E-state index contributed by atoms with van der Waals surface area (Å²) in [4.78, 5) is 2.84. The van der Waals surface area contributed by atoms with Crippen LogP contribution in [0.3, 0.4) is 0 Å². The Morgan fingerprint density at radius 1 is 0.694 bits per heavy atom. The van der Waals surface area contributed by atoms with Crippen molar-refractivity contribution in [2.75, 3.05) is 19.6 Å². The van der Waals surface area contributed by atoms with Gasteiger partial charge in [0.1, 0.15) is 0 Å². The number of likely N-dealkylation sites (tertiary alicyclic amines) is 1. The van der Waals surface area contributed by atoms with E-state index < -0.39 is 0 Å². The molecule has 1 aliphatic heterocycles. The molecule has 1 heterocycles. The molecule has 0 N–H and O–H groups in total. The first-order valence-electron chi connectivity index (χ1n) is 29.0. The molecule has 0 radical (unpaired) electrons. The van der Waals surface area contributed by atoms with Gasteiger partial charge >= 0.3 is 0 Å². The lowest BCUT2D eigenvalue weighted by atomic mass is 9.46. The largest absolute Gasteiger partial charge is 0.303 e. The van der Waals surface area contributed by atoms with E-state index in [2.05, 4.69) is 57.7 Å². The fourth-order valence-corrected chi connectivity index (χ4v) is 14.8. The van der Waals surface area contributed by atoms with Gasteiger partial charge in [-0.15, -0.1) is 0 Å². The zero-order valence-electron chi connectivity index (χ0n) is 42.9. The summed E-state index contributed by atoms with van der Waals surface area (Å²) in [6, 6.07) is 0. The number of hydrogen-bond acceptors (Lipinski definition) is 1. The van der Waals surface area contributed by atoms with Gasteiger partial charge in [-0.25, -0.2) is 0 Å². The first kappa shape index (κ1) is 52.2. The first-order chi connectivity index (χ1) is 30.2. The van der Waals surface area contributed by atoms with Gasteiger partial charge in [0.05, 0.1) is 0 Å². The first-order valence-corrected chi connectivity index (χ1v) is 29.0. The molecule has 1 saturated heterocycles. The van der Waals surface area contributed by atoms with E-state index in [1.54, 1.807) is 5.57 Å². The summed E-state index contributed by atoms with van der Waals surface area (Å²) in [5.74, 6) is 6.58. The van der Waals surface area contributed by atoms with Gasteiger partial charge in [0.2, 0.25) is 0 Å². The Labute approximate surface area is 389 Å². The molecule has 1 nitrogen and oxygen atoms in total. The number of allylic oxidation sites excluding steroid dienone is 5. The van der Waals surface area contributed by atoms with Crippen molar-refractivity contribution in [3.8, 4) is 0 Å². The third-order valence-electron chi connectivity index (χ3n) is 18.8. The molecule has 4 aliphatic carbocycles. The number of unbranched alkanes of at least 4 members (excludes halogenated alkanes) is 17. The highest BCUT2D eigenvalue weighted by Crippen LogP contribution is 2.67. The summed E-state index contributed by atoms with van der Waals surface area (Å²) in [6.07, 6.45) is 62.2. The van der Waals surface area contributed by atoms with Gasteiger partial charge in [-0.05, 0) is 194 Å². The van der Waals surface area contributed by atoms with Gasteiger partial charge in [0.25, 0.3) is 0 Å². The molecule has 0 aromatic carbocycles. The van der Waals surface area contributed by atoms with Crippen LogP contribution in [0.25, 0.3) is 0 Å². The summed E-state index contributed by atoms with van der Waals surface area (Å²) in [5, 5.41) is 0. The van der Waals surface area contributed by atoms with Crippen LogP contribution >= 0.6 is 0 Å². The second-order valence-electron chi connectivity index (χ2n) is 24.1. The van der Waals surface area contributed by atoms with E-state index in [0.29, 0.717) is 10.8 Å².